The fraction of sp³-hybridized carbons (Fsp3) is 0.882. The number of rotatable bonds is 17. The normalized spacial score (nSPS) is 16.1. The van der Waals surface area contributed by atoms with Crippen LogP contribution in [0.4, 0.5) is 0 Å². The van der Waals surface area contributed by atoms with Crippen molar-refractivity contribution < 1.29 is 43.6 Å². The molecule has 2 fully saturated rings. The van der Waals surface area contributed by atoms with E-state index in [1.165, 1.54) is 0 Å². The molecule has 2 saturated heterocycles. The summed E-state index contributed by atoms with van der Waals surface area (Å²) in [5.41, 5.74) is -0.566. The SMILES string of the molecule is CC(C)(C)C(=O)CCCCC(=O)O.CC(C)(C)C(=O)CCCCC(=O)OCCCN1CCOCC1.OCCCN1CCOCC1. The van der Waals surface area contributed by atoms with Crippen molar-refractivity contribution in [2.24, 2.45) is 10.8 Å². The summed E-state index contributed by atoms with van der Waals surface area (Å²) in [7, 11) is 0. The van der Waals surface area contributed by atoms with Crippen molar-refractivity contribution in [3.63, 3.8) is 0 Å². The van der Waals surface area contributed by atoms with Crippen molar-refractivity contribution in [1.82, 2.24) is 9.80 Å². The Balaban J connectivity index is 0.000000712. The zero-order valence-corrected chi connectivity index (χ0v) is 29.2. The third-order valence-electron chi connectivity index (χ3n) is 7.47. The smallest absolute Gasteiger partial charge is 0.305 e. The van der Waals surface area contributed by atoms with Crippen LogP contribution in [0.3, 0.4) is 0 Å². The van der Waals surface area contributed by atoms with Gasteiger partial charge in [0.1, 0.15) is 11.6 Å². The molecule has 2 aliphatic heterocycles. The molecule has 45 heavy (non-hydrogen) atoms. The number of nitrogens with zero attached hydrogens (tertiary/aromatic N) is 2. The molecular weight excluding hydrogens is 580 g/mol. The van der Waals surface area contributed by atoms with E-state index in [-0.39, 0.29) is 34.8 Å². The predicted molar refractivity (Wildman–Crippen MR) is 175 cm³/mol. The molecule has 0 atom stereocenters. The Labute approximate surface area is 272 Å². The molecule has 2 N–H and O–H groups in total. The fourth-order valence-corrected chi connectivity index (χ4v) is 4.36. The van der Waals surface area contributed by atoms with Crippen molar-refractivity contribution in [3.05, 3.63) is 0 Å². The highest BCUT2D eigenvalue weighted by molar-refractivity contribution is 5.84. The maximum Gasteiger partial charge on any atom is 0.305 e. The molecule has 0 bridgehead atoms. The van der Waals surface area contributed by atoms with Crippen molar-refractivity contribution >= 4 is 23.5 Å². The first-order chi connectivity index (χ1) is 21.2. The van der Waals surface area contributed by atoms with E-state index in [4.69, 9.17) is 24.4 Å². The minimum atomic E-state index is -0.789. The van der Waals surface area contributed by atoms with E-state index in [1.807, 2.05) is 41.5 Å². The van der Waals surface area contributed by atoms with Gasteiger partial charge < -0.3 is 24.4 Å². The Morgan fingerprint density at radius 2 is 1.02 bits per heavy atom. The van der Waals surface area contributed by atoms with Gasteiger partial charge in [0.05, 0.1) is 33.0 Å². The predicted octanol–water partition coefficient (Wildman–Crippen LogP) is 4.38. The number of hydrogen-bond donors (Lipinski definition) is 2. The number of carboxylic acid groups (broad SMARTS) is 1. The van der Waals surface area contributed by atoms with Crippen molar-refractivity contribution in [3.8, 4) is 0 Å². The summed E-state index contributed by atoms with van der Waals surface area (Å²) in [4.78, 5) is 49.5. The van der Waals surface area contributed by atoms with Gasteiger partial charge in [-0.2, -0.15) is 0 Å². The van der Waals surface area contributed by atoms with Gasteiger partial charge >= 0.3 is 11.9 Å². The molecule has 0 aromatic heterocycles. The summed E-state index contributed by atoms with van der Waals surface area (Å²) in [6.45, 7) is 21.5. The largest absolute Gasteiger partial charge is 0.481 e. The van der Waals surface area contributed by atoms with Crippen LogP contribution >= 0.6 is 0 Å². The van der Waals surface area contributed by atoms with Gasteiger partial charge in [-0.25, -0.2) is 0 Å². The van der Waals surface area contributed by atoms with Crippen LogP contribution in [-0.4, -0.2) is 122 Å². The number of aliphatic hydroxyl groups excluding tert-OH is 1. The van der Waals surface area contributed by atoms with Crippen molar-refractivity contribution in [2.75, 3.05) is 78.9 Å². The Morgan fingerprint density at radius 1 is 0.622 bits per heavy atom. The van der Waals surface area contributed by atoms with Crippen LogP contribution in [0.1, 0.15) is 106 Å². The molecule has 0 radical (unpaired) electrons. The summed E-state index contributed by atoms with van der Waals surface area (Å²) in [6, 6.07) is 0. The molecule has 0 amide bonds. The fourth-order valence-electron chi connectivity index (χ4n) is 4.36. The number of morpholine rings is 2. The highest BCUT2D eigenvalue weighted by atomic mass is 16.5. The van der Waals surface area contributed by atoms with E-state index >= 15 is 0 Å². The highest BCUT2D eigenvalue weighted by Crippen LogP contribution is 2.19. The summed E-state index contributed by atoms with van der Waals surface area (Å²) < 4.78 is 15.7. The molecule has 264 valence electrons. The molecular formula is C34H64N2O9. The summed E-state index contributed by atoms with van der Waals surface area (Å²) in [6.07, 6.45) is 6.15. The Bertz CT molecular complexity index is 809. The van der Waals surface area contributed by atoms with Crippen LogP contribution in [0.2, 0.25) is 0 Å². The summed E-state index contributed by atoms with van der Waals surface area (Å²) in [5, 5.41) is 16.9. The topological polar surface area (TPSA) is 143 Å². The van der Waals surface area contributed by atoms with Gasteiger partial charge in [-0.15, -0.1) is 0 Å². The lowest BCUT2D eigenvalue weighted by Gasteiger charge is -2.26. The molecule has 0 spiro atoms. The van der Waals surface area contributed by atoms with E-state index in [9.17, 15) is 19.2 Å². The van der Waals surface area contributed by atoms with Crippen LogP contribution in [0.25, 0.3) is 0 Å². The van der Waals surface area contributed by atoms with Crippen LogP contribution in [0, 0.1) is 10.8 Å². The number of carbonyl (C=O) groups excluding carboxylic acids is 3. The summed E-state index contributed by atoms with van der Waals surface area (Å²) in [5.74, 6) is -0.474. The van der Waals surface area contributed by atoms with E-state index in [0.717, 1.165) is 91.4 Å². The van der Waals surface area contributed by atoms with E-state index in [0.29, 0.717) is 45.3 Å². The number of ether oxygens (including phenoxy) is 3. The second-order valence-corrected chi connectivity index (χ2v) is 13.7. The lowest BCUT2D eigenvalue weighted by molar-refractivity contribution is -0.144. The van der Waals surface area contributed by atoms with Crippen LogP contribution in [-0.2, 0) is 33.4 Å². The van der Waals surface area contributed by atoms with Crippen LogP contribution in [0.15, 0.2) is 0 Å². The van der Waals surface area contributed by atoms with Gasteiger partial charge in [0.2, 0.25) is 0 Å². The third kappa shape index (κ3) is 25.9. The number of unbranched alkanes of at least 4 members (excludes halogenated alkanes) is 2. The third-order valence-corrected chi connectivity index (χ3v) is 7.47. The average molecular weight is 645 g/mol. The molecule has 2 heterocycles. The van der Waals surface area contributed by atoms with Gasteiger partial charge in [0, 0.05) is 82.4 Å². The lowest BCUT2D eigenvalue weighted by atomic mass is 9.88. The molecule has 0 saturated carbocycles. The number of carbonyl (C=O) groups is 4. The minimum absolute atomic E-state index is 0.148. The molecule has 2 rings (SSSR count). The maximum atomic E-state index is 11.7. The number of Topliss-reactive ketones (excluding diaryl/α,β-unsaturated/α-hetero) is 2. The first-order valence-corrected chi connectivity index (χ1v) is 16.8. The van der Waals surface area contributed by atoms with Gasteiger partial charge in [-0.3, -0.25) is 29.0 Å². The Morgan fingerprint density at radius 3 is 1.42 bits per heavy atom. The second-order valence-electron chi connectivity index (χ2n) is 13.7. The first kappa shape index (κ1) is 43.1. The molecule has 11 nitrogen and oxygen atoms in total. The highest BCUT2D eigenvalue weighted by Gasteiger charge is 2.21. The molecule has 0 unspecified atom stereocenters. The van der Waals surface area contributed by atoms with Crippen LogP contribution in [0.5, 0.6) is 0 Å². The monoisotopic (exact) mass is 644 g/mol. The number of aliphatic hydroxyl groups is 1. The van der Waals surface area contributed by atoms with E-state index < -0.39 is 5.97 Å². The maximum absolute atomic E-state index is 11.7. The van der Waals surface area contributed by atoms with Gasteiger partial charge in [-0.05, 0) is 38.5 Å². The molecule has 0 aromatic carbocycles. The summed E-state index contributed by atoms with van der Waals surface area (Å²) >= 11 is 0. The lowest BCUT2D eigenvalue weighted by Crippen LogP contribution is -2.37. The van der Waals surface area contributed by atoms with Crippen molar-refractivity contribution in [1.29, 1.82) is 0 Å². The number of carboxylic acids is 1. The van der Waals surface area contributed by atoms with Gasteiger partial charge in [0.25, 0.3) is 0 Å². The number of esters is 1. The minimum Gasteiger partial charge on any atom is -0.481 e. The quantitative estimate of drug-likeness (QED) is 0.172. The van der Waals surface area contributed by atoms with Gasteiger partial charge in [-0.1, -0.05) is 41.5 Å². The molecule has 0 aliphatic carbocycles. The Hall–Kier alpha value is -1.92. The van der Waals surface area contributed by atoms with Gasteiger partial charge in [0.15, 0.2) is 0 Å². The zero-order chi connectivity index (χ0) is 34.1. The molecule has 2 aliphatic rings. The Kier molecular flexibility index (Phi) is 24.1. The second kappa shape index (κ2) is 25.2. The first-order valence-electron chi connectivity index (χ1n) is 16.8. The number of ketones is 2. The average Bonchev–Trinajstić information content (AvgIpc) is 2.99. The van der Waals surface area contributed by atoms with Crippen molar-refractivity contribution in [2.45, 2.75) is 106 Å². The van der Waals surface area contributed by atoms with E-state index in [2.05, 4.69) is 9.80 Å². The van der Waals surface area contributed by atoms with E-state index in [1.54, 1.807) is 0 Å². The number of aliphatic carboxylic acids is 1. The standard InChI is InChI=1S/C17H31NO4.C10H18O3.C7H15NO2/c1-17(2,3)15(19)7-4-5-8-16(20)22-12-6-9-18-10-13-21-14-11-18;1-10(2,3)8(11)6-4-5-7-9(12)13;9-5-1-2-8-3-6-10-7-4-8/h4-14H2,1-3H3;4-7H2,1-3H3,(H,12,13);9H,1-7H2. The zero-order valence-electron chi connectivity index (χ0n) is 29.2. The number of hydrogen-bond acceptors (Lipinski definition) is 10. The van der Waals surface area contributed by atoms with Crippen LogP contribution < -0.4 is 0 Å². The molecule has 0 aromatic rings. The molecule has 11 heteroatoms.